The minimum Gasteiger partial charge on any atom is -0.366 e. The van der Waals surface area contributed by atoms with E-state index in [1.54, 1.807) is 0 Å². The average molecular weight is 232 g/mol. The van der Waals surface area contributed by atoms with Gasteiger partial charge in [-0.3, -0.25) is 0 Å². The zero-order valence-electron chi connectivity index (χ0n) is 9.31. The Balaban J connectivity index is 1.86. The maximum atomic E-state index is 12.9. The molecule has 1 unspecified atom stereocenters. The minimum absolute atomic E-state index is 0.199. The summed E-state index contributed by atoms with van der Waals surface area (Å²) in [4.78, 5) is 4.16. The first-order chi connectivity index (χ1) is 8.22. The zero-order valence-corrected chi connectivity index (χ0v) is 9.31. The molecule has 17 heavy (non-hydrogen) atoms. The Kier molecular flexibility index (Phi) is 2.31. The van der Waals surface area contributed by atoms with Crippen molar-refractivity contribution in [1.29, 1.82) is 0 Å². The first kappa shape index (κ1) is 10.3. The second-order valence-corrected chi connectivity index (χ2v) is 4.36. The van der Waals surface area contributed by atoms with Gasteiger partial charge in [0, 0.05) is 18.9 Å². The SMILES string of the molecule is Nc1nc2n(n1)CC(c1ccc(F)cc1)CC2. The predicted molar refractivity (Wildman–Crippen MR) is 61.9 cm³/mol. The van der Waals surface area contributed by atoms with Crippen LogP contribution in [-0.2, 0) is 13.0 Å². The number of rotatable bonds is 1. The molecule has 1 atom stereocenters. The van der Waals surface area contributed by atoms with E-state index in [0.29, 0.717) is 11.9 Å². The lowest BCUT2D eigenvalue weighted by Gasteiger charge is -2.22. The normalized spacial score (nSPS) is 19.0. The van der Waals surface area contributed by atoms with E-state index < -0.39 is 0 Å². The minimum atomic E-state index is -0.199. The van der Waals surface area contributed by atoms with Gasteiger partial charge in [-0.1, -0.05) is 12.1 Å². The van der Waals surface area contributed by atoms with E-state index >= 15 is 0 Å². The van der Waals surface area contributed by atoms with Gasteiger partial charge in [0.05, 0.1) is 0 Å². The highest BCUT2D eigenvalue weighted by Gasteiger charge is 2.22. The molecular weight excluding hydrogens is 219 g/mol. The van der Waals surface area contributed by atoms with Crippen LogP contribution in [0.1, 0.15) is 23.7 Å². The summed E-state index contributed by atoms with van der Waals surface area (Å²) in [5.74, 6) is 1.44. The van der Waals surface area contributed by atoms with Gasteiger partial charge in [-0.25, -0.2) is 9.07 Å². The number of nitrogens with two attached hydrogens (primary N) is 1. The highest BCUT2D eigenvalue weighted by molar-refractivity contribution is 5.23. The molecule has 0 radical (unpaired) electrons. The monoisotopic (exact) mass is 232 g/mol. The van der Waals surface area contributed by atoms with Crippen LogP contribution in [0, 0.1) is 5.82 Å². The van der Waals surface area contributed by atoms with Crippen molar-refractivity contribution in [3.05, 3.63) is 41.5 Å². The maximum absolute atomic E-state index is 12.9. The lowest BCUT2D eigenvalue weighted by atomic mass is 9.92. The smallest absolute Gasteiger partial charge is 0.239 e. The largest absolute Gasteiger partial charge is 0.366 e. The van der Waals surface area contributed by atoms with Crippen LogP contribution in [0.15, 0.2) is 24.3 Å². The van der Waals surface area contributed by atoms with Crippen molar-refractivity contribution in [3.8, 4) is 0 Å². The third-order valence-corrected chi connectivity index (χ3v) is 3.22. The summed E-state index contributed by atoms with van der Waals surface area (Å²) in [6.45, 7) is 0.769. The van der Waals surface area contributed by atoms with E-state index in [9.17, 15) is 4.39 Å². The van der Waals surface area contributed by atoms with Crippen molar-refractivity contribution in [2.45, 2.75) is 25.3 Å². The molecule has 2 N–H and O–H groups in total. The topological polar surface area (TPSA) is 56.7 Å². The number of anilines is 1. The molecule has 1 aromatic heterocycles. The van der Waals surface area contributed by atoms with Gasteiger partial charge in [-0.05, 0) is 24.1 Å². The molecule has 0 bridgehead atoms. The summed E-state index contributed by atoms with van der Waals surface area (Å²) < 4.78 is 14.7. The number of aromatic nitrogens is 3. The van der Waals surface area contributed by atoms with Gasteiger partial charge in [-0.15, -0.1) is 5.10 Å². The van der Waals surface area contributed by atoms with Gasteiger partial charge >= 0.3 is 0 Å². The molecule has 0 spiro atoms. The average Bonchev–Trinajstić information content (AvgIpc) is 2.69. The van der Waals surface area contributed by atoms with Crippen LogP contribution in [-0.4, -0.2) is 14.8 Å². The number of benzene rings is 1. The van der Waals surface area contributed by atoms with E-state index in [2.05, 4.69) is 10.1 Å². The molecule has 1 aliphatic rings. The summed E-state index contributed by atoms with van der Waals surface area (Å²) in [6, 6.07) is 6.68. The van der Waals surface area contributed by atoms with E-state index in [1.807, 2.05) is 16.8 Å². The molecule has 3 rings (SSSR count). The predicted octanol–water partition coefficient (Wildman–Crippen LogP) is 1.73. The van der Waals surface area contributed by atoms with Crippen LogP contribution in [0.25, 0.3) is 0 Å². The Hall–Kier alpha value is -1.91. The summed E-state index contributed by atoms with van der Waals surface area (Å²) >= 11 is 0. The molecule has 2 aromatic rings. The molecule has 5 heteroatoms. The molecule has 4 nitrogen and oxygen atoms in total. The number of hydrogen-bond donors (Lipinski definition) is 1. The number of aryl methyl sites for hydroxylation is 1. The second-order valence-electron chi connectivity index (χ2n) is 4.36. The molecule has 0 aliphatic carbocycles. The Labute approximate surface area is 98.3 Å². The Morgan fingerprint density at radius 2 is 2.06 bits per heavy atom. The Morgan fingerprint density at radius 3 is 2.82 bits per heavy atom. The summed E-state index contributed by atoms with van der Waals surface area (Å²) in [5.41, 5.74) is 6.71. The van der Waals surface area contributed by atoms with Crippen molar-refractivity contribution in [3.63, 3.8) is 0 Å². The van der Waals surface area contributed by atoms with Crippen LogP contribution in [0.4, 0.5) is 10.3 Å². The first-order valence-corrected chi connectivity index (χ1v) is 5.67. The van der Waals surface area contributed by atoms with Crippen LogP contribution in [0.3, 0.4) is 0 Å². The highest BCUT2D eigenvalue weighted by Crippen LogP contribution is 2.28. The van der Waals surface area contributed by atoms with E-state index in [0.717, 1.165) is 30.8 Å². The fourth-order valence-electron chi connectivity index (χ4n) is 2.34. The molecular formula is C12H13FN4. The van der Waals surface area contributed by atoms with Crippen LogP contribution < -0.4 is 5.73 Å². The summed E-state index contributed by atoms with van der Waals surface area (Å²) in [5, 5.41) is 4.15. The Bertz CT molecular complexity index is 532. The van der Waals surface area contributed by atoms with Crippen molar-refractivity contribution in [1.82, 2.24) is 14.8 Å². The van der Waals surface area contributed by atoms with Crippen LogP contribution in [0.5, 0.6) is 0 Å². The molecule has 0 amide bonds. The van der Waals surface area contributed by atoms with Crippen molar-refractivity contribution in [2.24, 2.45) is 0 Å². The number of fused-ring (bicyclic) bond motifs is 1. The number of hydrogen-bond acceptors (Lipinski definition) is 3. The summed E-state index contributed by atoms with van der Waals surface area (Å²) in [6.07, 6.45) is 1.87. The van der Waals surface area contributed by atoms with Gasteiger partial charge in [0.1, 0.15) is 11.6 Å². The second kappa shape index (κ2) is 3.84. The van der Waals surface area contributed by atoms with E-state index in [-0.39, 0.29) is 5.82 Å². The lowest BCUT2D eigenvalue weighted by molar-refractivity contribution is 0.423. The van der Waals surface area contributed by atoms with E-state index in [1.165, 1.54) is 12.1 Å². The fraction of sp³-hybridized carbons (Fsp3) is 0.333. The molecule has 2 heterocycles. The van der Waals surface area contributed by atoms with Crippen LogP contribution in [0.2, 0.25) is 0 Å². The fourth-order valence-corrected chi connectivity index (χ4v) is 2.34. The van der Waals surface area contributed by atoms with Gasteiger partial charge in [-0.2, -0.15) is 4.98 Å². The third-order valence-electron chi connectivity index (χ3n) is 3.22. The molecule has 1 aromatic carbocycles. The van der Waals surface area contributed by atoms with Crippen molar-refractivity contribution < 1.29 is 4.39 Å². The standard InChI is InChI=1S/C12H13FN4/c13-10-4-1-8(2-5-10)9-3-6-11-15-12(14)16-17(11)7-9/h1-2,4-5,9H,3,6-7H2,(H2,14,16). The van der Waals surface area contributed by atoms with Gasteiger partial charge in [0.15, 0.2) is 0 Å². The zero-order chi connectivity index (χ0) is 11.8. The van der Waals surface area contributed by atoms with Gasteiger partial charge in [0.25, 0.3) is 0 Å². The molecule has 1 aliphatic heterocycles. The number of nitrogen functional groups attached to an aromatic ring is 1. The Morgan fingerprint density at radius 1 is 1.29 bits per heavy atom. The summed E-state index contributed by atoms with van der Waals surface area (Å²) in [7, 11) is 0. The molecule has 0 saturated heterocycles. The molecule has 0 fully saturated rings. The van der Waals surface area contributed by atoms with Crippen molar-refractivity contribution in [2.75, 3.05) is 5.73 Å². The first-order valence-electron chi connectivity index (χ1n) is 5.67. The highest BCUT2D eigenvalue weighted by atomic mass is 19.1. The van der Waals surface area contributed by atoms with Crippen molar-refractivity contribution >= 4 is 5.95 Å². The maximum Gasteiger partial charge on any atom is 0.239 e. The van der Waals surface area contributed by atoms with Crippen LogP contribution >= 0.6 is 0 Å². The third kappa shape index (κ3) is 1.88. The van der Waals surface area contributed by atoms with E-state index in [4.69, 9.17) is 5.73 Å². The number of halogens is 1. The quantitative estimate of drug-likeness (QED) is 0.814. The lowest BCUT2D eigenvalue weighted by Crippen LogP contribution is -2.20. The van der Waals surface area contributed by atoms with Gasteiger partial charge < -0.3 is 5.73 Å². The van der Waals surface area contributed by atoms with Gasteiger partial charge in [0.2, 0.25) is 5.95 Å². The number of nitrogens with zero attached hydrogens (tertiary/aromatic N) is 3. The molecule has 0 saturated carbocycles. The molecule has 88 valence electrons.